The molecule has 112 valence electrons. The second kappa shape index (κ2) is 6.75. The smallest absolute Gasteiger partial charge is 0.178 e. The molecule has 0 unspecified atom stereocenters. The molecular formula is C15H8F4N2O. The minimum absolute atomic E-state index is 0.214. The van der Waals surface area contributed by atoms with Crippen LogP contribution >= 0.6 is 0 Å². The molecule has 2 aromatic heterocycles. The summed E-state index contributed by atoms with van der Waals surface area (Å²) in [5.74, 6) is -4.10. The topological polar surface area (TPSA) is 42.9 Å². The van der Waals surface area contributed by atoms with E-state index in [0.717, 1.165) is 36.7 Å². The number of halogens is 4. The molecule has 0 aliphatic rings. The molecule has 0 radical (unpaired) electrons. The number of nitrogens with zero attached hydrogens (tertiary/aromatic N) is 2. The Bertz CT molecular complexity index is 709. The van der Waals surface area contributed by atoms with Gasteiger partial charge >= 0.3 is 0 Å². The highest BCUT2D eigenvalue weighted by Gasteiger charge is 2.04. The first kappa shape index (κ1) is 15.6. The zero-order valence-electron chi connectivity index (χ0n) is 10.9. The summed E-state index contributed by atoms with van der Waals surface area (Å²) in [5, 5.41) is 0. The molecular weight excluding hydrogens is 300 g/mol. The number of carbonyl (C=O) groups is 1. The summed E-state index contributed by atoms with van der Waals surface area (Å²) in [6.45, 7) is 0. The normalized spacial score (nSPS) is 11.5. The van der Waals surface area contributed by atoms with Crippen molar-refractivity contribution in [2.24, 2.45) is 0 Å². The van der Waals surface area contributed by atoms with Crippen LogP contribution in [0.1, 0.15) is 11.4 Å². The highest BCUT2D eigenvalue weighted by molar-refractivity contribution is 6.04. The van der Waals surface area contributed by atoms with E-state index >= 15 is 0 Å². The Labute approximate surface area is 122 Å². The van der Waals surface area contributed by atoms with Gasteiger partial charge in [-0.2, -0.15) is 0 Å². The van der Waals surface area contributed by atoms with E-state index in [1.54, 1.807) is 0 Å². The number of aromatic nitrogens is 2. The predicted octanol–water partition coefficient (Wildman–Crippen LogP) is 3.33. The molecule has 2 heterocycles. The van der Waals surface area contributed by atoms with Crippen LogP contribution in [0, 0.1) is 23.3 Å². The summed E-state index contributed by atoms with van der Waals surface area (Å²) in [5.41, 5.74) is -0.427. The summed E-state index contributed by atoms with van der Waals surface area (Å²) in [6, 6.07) is 1.26. The maximum atomic E-state index is 13.3. The Kier molecular flexibility index (Phi) is 4.77. The molecule has 0 aromatic carbocycles. The first-order valence-electron chi connectivity index (χ1n) is 5.98. The molecule has 7 heteroatoms. The fraction of sp³-hybridized carbons (Fsp3) is 0. The SMILES string of the molecule is O=C(/C=C/c1ncc(F)cc1F)/C=C/c1ncc(F)cc1F. The Morgan fingerprint density at radius 1 is 0.818 bits per heavy atom. The van der Waals surface area contributed by atoms with Gasteiger partial charge in [0.1, 0.15) is 11.6 Å². The van der Waals surface area contributed by atoms with Gasteiger partial charge in [-0.05, 0) is 24.3 Å². The van der Waals surface area contributed by atoms with Gasteiger partial charge in [-0.25, -0.2) is 17.6 Å². The first-order chi connectivity index (χ1) is 10.5. The number of pyridine rings is 2. The van der Waals surface area contributed by atoms with Crippen LogP contribution in [0.15, 0.2) is 36.7 Å². The lowest BCUT2D eigenvalue weighted by molar-refractivity contribution is -0.110. The third-order valence-corrected chi connectivity index (χ3v) is 2.48. The Balaban J connectivity index is 2.09. The van der Waals surface area contributed by atoms with Crippen molar-refractivity contribution in [1.29, 1.82) is 0 Å². The van der Waals surface area contributed by atoms with Gasteiger partial charge in [-0.3, -0.25) is 14.8 Å². The van der Waals surface area contributed by atoms with E-state index in [1.165, 1.54) is 0 Å². The summed E-state index contributed by atoms with van der Waals surface area (Å²) >= 11 is 0. The highest BCUT2D eigenvalue weighted by Crippen LogP contribution is 2.09. The molecule has 0 aliphatic heterocycles. The minimum Gasteiger partial charge on any atom is -0.290 e. The lowest BCUT2D eigenvalue weighted by Gasteiger charge is -1.95. The largest absolute Gasteiger partial charge is 0.290 e. The minimum atomic E-state index is -0.917. The van der Waals surface area contributed by atoms with Crippen molar-refractivity contribution < 1.29 is 22.4 Å². The van der Waals surface area contributed by atoms with E-state index in [-0.39, 0.29) is 11.4 Å². The monoisotopic (exact) mass is 308 g/mol. The van der Waals surface area contributed by atoms with Gasteiger partial charge in [0.25, 0.3) is 0 Å². The van der Waals surface area contributed by atoms with Crippen molar-refractivity contribution in [1.82, 2.24) is 9.97 Å². The zero-order chi connectivity index (χ0) is 16.1. The third kappa shape index (κ3) is 4.08. The maximum Gasteiger partial charge on any atom is 0.178 e. The molecule has 0 atom stereocenters. The van der Waals surface area contributed by atoms with Gasteiger partial charge in [0, 0.05) is 12.1 Å². The zero-order valence-corrected chi connectivity index (χ0v) is 10.9. The molecule has 0 saturated carbocycles. The summed E-state index contributed by atoms with van der Waals surface area (Å²) < 4.78 is 51.8. The second-order valence-corrected chi connectivity index (χ2v) is 4.11. The van der Waals surface area contributed by atoms with Crippen molar-refractivity contribution in [3.63, 3.8) is 0 Å². The van der Waals surface area contributed by atoms with E-state index in [1.807, 2.05) is 0 Å². The van der Waals surface area contributed by atoms with Gasteiger partial charge in [0.05, 0.1) is 23.8 Å². The molecule has 0 amide bonds. The standard InChI is InChI=1S/C15H8F4N2O/c16-9-5-12(18)14(20-7-9)3-1-11(22)2-4-15-13(19)6-10(17)8-21-15/h1-8H/b3-1+,4-2+. The van der Waals surface area contributed by atoms with Gasteiger partial charge in [-0.15, -0.1) is 0 Å². The lowest BCUT2D eigenvalue weighted by Crippen LogP contribution is -1.93. The summed E-state index contributed by atoms with van der Waals surface area (Å²) in [6.07, 6.45) is 5.66. The van der Waals surface area contributed by atoms with Crippen LogP contribution in [-0.4, -0.2) is 15.8 Å². The number of allylic oxidation sites excluding steroid dienone is 2. The van der Waals surface area contributed by atoms with Crippen LogP contribution in [0.2, 0.25) is 0 Å². The molecule has 2 rings (SSSR count). The number of hydrogen-bond acceptors (Lipinski definition) is 3. The van der Waals surface area contributed by atoms with Crippen molar-refractivity contribution in [3.05, 3.63) is 71.3 Å². The molecule has 3 nitrogen and oxygen atoms in total. The van der Waals surface area contributed by atoms with Crippen molar-refractivity contribution >= 4 is 17.9 Å². The Morgan fingerprint density at radius 3 is 1.59 bits per heavy atom. The number of hydrogen-bond donors (Lipinski definition) is 0. The first-order valence-corrected chi connectivity index (χ1v) is 5.98. The molecule has 0 aliphatic carbocycles. The maximum absolute atomic E-state index is 13.3. The van der Waals surface area contributed by atoms with E-state index in [4.69, 9.17) is 0 Å². The van der Waals surface area contributed by atoms with Crippen molar-refractivity contribution in [3.8, 4) is 0 Å². The van der Waals surface area contributed by atoms with E-state index < -0.39 is 29.1 Å². The molecule has 0 spiro atoms. The fourth-order valence-electron chi connectivity index (χ4n) is 1.47. The Morgan fingerprint density at radius 2 is 1.23 bits per heavy atom. The quantitative estimate of drug-likeness (QED) is 0.643. The average molecular weight is 308 g/mol. The average Bonchev–Trinajstić information content (AvgIpc) is 2.45. The van der Waals surface area contributed by atoms with E-state index in [2.05, 4.69) is 9.97 Å². The van der Waals surface area contributed by atoms with Crippen LogP contribution in [0.3, 0.4) is 0 Å². The summed E-state index contributed by atoms with van der Waals surface area (Å²) in [7, 11) is 0. The third-order valence-electron chi connectivity index (χ3n) is 2.48. The molecule has 0 saturated heterocycles. The number of ketones is 1. The van der Waals surface area contributed by atoms with Gasteiger partial charge in [0.15, 0.2) is 17.4 Å². The lowest BCUT2D eigenvalue weighted by atomic mass is 10.2. The molecule has 22 heavy (non-hydrogen) atoms. The Hall–Kier alpha value is -2.83. The highest BCUT2D eigenvalue weighted by atomic mass is 19.1. The molecule has 0 bridgehead atoms. The van der Waals surface area contributed by atoms with Crippen LogP contribution in [0.5, 0.6) is 0 Å². The predicted molar refractivity (Wildman–Crippen MR) is 71.4 cm³/mol. The van der Waals surface area contributed by atoms with Crippen LogP contribution in [-0.2, 0) is 4.79 Å². The van der Waals surface area contributed by atoms with Crippen LogP contribution in [0.4, 0.5) is 17.6 Å². The van der Waals surface area contributed by atoms with Crippen LogP contribution in [0.25, 0.3) is 12.2 Å². The van der Waals surface area contributed by atoms with Crippen molar-refractivity contribution in [2.75, 3.05) is 0 Å². The molecule has 0 N–H and O–H groups in total. The molecule has 2 aromatic rings. The van der Waals surface area contributed by atoms with Crippen LogP contribution < -0.4 is 0 Å². The fourth-order valence-corrected chi connectivity index (χ4v) is 1.47. The van der Waals surface area contributed by atoms with Crippen molar-refractivity contribution in [2.45, 2.75) is 0 Å². The summed E-state index contributed by atoms with van der Waals surface area (Å²) in [4.78, 5) is 18.5. The van der Waals surface area contributed by atoms with E-state index in [0.29, 0.717) is 12.1 Å². The van der Waals surface area contributed by atoms with Gasteiger partial charge in [0.2, 0.25) is 0 Å². The second-order valence-electron chi connectivity index (χ2n) is 4.11. The molecule has 0 fully saturated rings. The number of carbonyl (C=O) groups excluding carboxylic acids is 1. The van der Waals surface area contributed by atoms with Gasteiger partial charge < -0.3 is 0 Å². The van der Waals surface area contributed by atoms with E-state index in [9.17, 15) is 22.4 Å². The number of rotatable bonds is 4. The van der Waals surface area contributed by atoms with Gasteiger partial charge in [-0.1, -0.05) is 0 Å².